The highest BCUT2D eigenvalue weighted by atomic mass is 32.2. The quantitative estimate of drug-likeness (QED) is 0.307. The smallest absolute Gasteiger partial charge is 0.262 e. The average molecular weight is 496 g/mol. The molecule has 0 saturated heterocycles. The first-order chi connectivity index (χ1) is 16.4. The molecular weight excluding hydrogens is 466 g/mol. The van der Waals surface area contributed by atoms with Crippen LogP contribution >= 0.6 is 23.1 Å². The molecular formula is C25H29N5O2S2. The first kappa shape index (κ1) is 23.3. The Morgan fingerprint density at radius 2 is 2.06 bits per heavy atom. The van der Waals surface area contributed by atoms with Crippen LogP contribution in [0.2, 0.25) is 0 Å². The van der Waals surface area contributed by atoms with Gasteiger partial charge in [-0.05, 0) is 69.9 Å². The van der Waals surface area contributed by atoms with Crippen molar-refractivity contribution >= 4 is 44.2 Å². The van der Waals surface area contributed by atoms with Gasteiger partial charge in [-0.1, -0.05) is 30.8 Å². The molecule has 3 heterocycles. The Balaban J connectivity index is 1.46. The predicted molar refractivity (Wildman–Crippen MR) is 140 cm³/mol. The van der Waals surface area contributed by atoms with Crippen molar-refractivity contribution in [3.63, 3.8) is 0 Å². The van der Waals surface area contributed by atoms with Crippen LogP contribution in [0.4, 0.5) is 0 Å². The van der Waals surface area contributed by atoms with Crippen molar-refractivity contribution in [1.29, 1.82) is 0 Å². The molecule has 0 unspecified atom stereocenters. The first-order valence-electron chi connectivity index (χ1n) is 11.7. The van der Waals surface area contributed by atoms with E-state index in [1.165, 1.54) is 22.2 Å². The van der Waals surface area contributed by atoms with Crippen molar-refractivity contribution in [2.24, 2.45) is 5.92 Å². The molecule has 0 fully saturated rings. The van der Waals surface area contributed by atoms with Gasteiger partial charge in [0.25, 0.3) is 11.1 Å². The zero-order valence-electron chi connectivity index (χ0n) is 19.8. The van der Waals surface area contributed by atoms with Crippen LogP contribution in [0, 0.1) is 5.92 Å². The van der Waals surface area contributed by atoms with Gasteiger partial charge in [-0.2, -0.15) is 0 Å². The lowest BCUT2D eigenvalue weighted by Gasteiger charge is -2.17. The monoisotopic (exact) mass is 495 g/mol. The molecule has 0 radical (unpaired) electrons. The van der Waals surface area contributed by atoms with Crippen LogP contribution < -0.4 is 11.1 Å². The summed E-state index contributed by atoms with van der Waals surface area (Å²) in [6.45, 7) is 3.74. The summed E-state index contributed by atoms with van der Waals surface area (Å²) in [4.78, 5) is 43.0. The number of hydrogen-bond donors (Lipinski definition) is 1. The fourth-order valence-corrected chi connectivity index (χ4v) is 6.89. The summed E-state index contributed by atoms with van der Waals surface area (Å²) >= 11 is 3.11. The maximum atomic E-state index is 13.2. The van der Waals surface area contributed by atoms with Gasteiger partial charge in [0, 0.05) is 11.4 Å². The number of rotatable bonds is 7. The summed E-state index contributed by atoms with van der Waals surface area (Å²) in [5, 5.41) is 2.05. The van der Waals surface area contributed by atoms with E-state index < -0.39 is 0 Å². The molecule has 3 aromatic heterocycles. The fourth-order valence-electron chi connectivity index (χ4n) is 4.59. The SMILES string of the molecule is C[C@H]1CCc2c(sc3nc(CSc4nc5ccccc5c(=O)n4CCCN(C)C)[nH]c(=O)c23)C1. The van der Waals surface area contributed by atoms with Crippen molar-refractivity contribution in [3.8, 4) is 0 Å². The third-order valence-corrected chi connectivity index (χ3v) is 8.50. The standard InChI is InChI=1S/C25H29N5O2S2/c1-15-9-10-17-19(13-15)34-23-21(17)22(31)27-20(28-23)14-33-25-26-18-8-5-4-7-16(18)24(32)30(25)12-6-11-29(2)3/h4-5,7-8,15H,6,9-14H2,1-3H3,(H,27,28,31)/t15-/m0/s1. The van der Waals surface area contributed by atoms with Crippen LogP contribution in [0.5, 0.6) is 0 Å². The van der Waals surface area contributed by atoms with Gasteiger partial charge < -0.3 is 9.88 Å². The number of aromatic nitrogens is 4. The molecule has 1 N–H and O–H groups in total. The first-order valence-corrected chi connectivity index (χ1v) is 13.5. The van der Waals surface area contributed by atoms with Crippen LogP contribution in [0.3, 0.4) is 0 Å². The van der Waals surface area contributed by atoms with Crippen LogP contribution in [0.15, 0.2) is 39.0 Å². The highest BCUT2D eigenvalue weighted by Gasteiger charge is 2.23. The number of thioether (sulfide) groups is 1. The third kappa shape index (κ3) is 4.56. The molecule has 0 spiro atoms. The molecule has 9 heteroatoms. The van der Waals surface area contributed by atoms with Crippen molar-refractivity contribution in [2.45, 2.75) is 50.1 Å². The Morgan fingerprint density at radius 3 is 2.88 bits per heavy atom. The topological polar surface area (TPSA) is 83.9 Å². The highest BCUT2D eigenvalue weighted by molar-refractivity contribution is 7.98. The molecule has 4 aromatic rings. The van der Waals surface area contributed by atoms with Crippen LogP contribution in [0.25, 0.3) is 21.1 Å². The fraction of sp³-hybridized carbons (Fsp3) is 0.440. The minimum absolute atomic E-state index is 0.0242. The number of nitrogens with one attached hydrogen (secondary N) is 1. The lowest BCUT2D eigenvalue weighted by Crippen LogP contribution is -2.25. The van der Waals surface area contributed by atoms with E-state index in [9.17, 15) is 9.59 Å². The van der Waals surface area contributed by atoms with Crippen LogP contribution in [-0.2, 0) is 25.1 Å². The van der Waals surface area contributed by atoms with Crippen molar-refractivity contribution < 1.29 is 0 Å². The van der Waals surface area contributed by atoms with E-state index in [-0.39, 0.29) is 11.1 Å². The van der Waals surface area contributed by atoms with Gasteiger partial charge in [-0.3, -0.25) is 14.2 Å². The Morgan fingerprint density at radius 1 is 1.24 bits per heavy atom. The summed E-state index contributed by atoms with van der Waals surface area (Å²) in [6, 6.07) is 7.46. The number of benzene rings is 1. The molecule has 1 aromatic carbocycles. The van der Waals surface area contributed by atoms with E-state index >= 15 is 0 Å². The summed E-state index contributed by atoms with van der Waals surface area (Å²) in [6.07, 6.45) is 3.95. The number of aryl methyl sites for hydroxylation is 1. The van der Waals surface area contributed by atoms with Gasteiger partial charge >= 0.3 is 0 Å². The molecule has 0 bridgehead atoms. The van der Waals surface area contributed by atoms with Gasteiger partial charge in [0.05, 0.1) is 22.0 Å². The van der Waals surface area contributed by atoms with E-state index in [4.69, 9.17) is 9.97 Å². The molecule has 0 saturated carbocycles. The molecule has 1 atom stereocenters. The van der Waals surface area contributed by atoms with E-state index in [0.29, 0.717) is 40.1 Å². The number of aromatic amines is 1. The Bertz CT molecular complexity index is 1470. The summed E-state index contributed by atoms with van der Waals surface area (Å²) in [5.74, 6) is 1.72. The van der Waals surface area contributed by atoms with Crippen molar-refractivity contribution in [3.05, 3.63) is 61.2 Å². The van der Waals surface area contributed by atoms with Crippen molar-refractivity contribution in [1.82, 2.24) is 24.4 Å². The van der Waals surface area contributed by atoms with Gasteiger partial charge in [0.2, 0.25) is 0 Å². The maximum Gasteiger partial charge on any atom is 0.262 e. The van der Waals surface area contributed by atoms with E-state index in [1.54, 1.807) is 15.9 Å². The van der Waals surface area contributed by atoms with Gasteiger partial charge in [-0.25, -0.2) is 9.97 Å². The molecule has 5 rings (SSSR count). The van der Waals surface area contributed by atoms with Gasteiger partial charge in [0.1, 0.15) is 10.7 Å². The molecule has 7 nitrogen and oxygen atoms in total. The Hall–Kier alpha value is -2.49. The number of para-hydroxylation sites is 1. The molecule has 34 heavy (non-hydrogen) atoms. The maximum absolute atomic E-state index is 13.2. The largest absolute Gasteiger partial charge is 0.309 e. The lowest BCUT2D eigenvalue weighted by molar-refractivity contribution is 0.379. The number of hydrogen-bond acceptors (Lipinski definition) is 7. The van der Waals surface area contributed by atoms with E-state index in [0.717, 1.165) is 42.4 Å². The molecule has 1 aliphatic carbocycles. The second-order valence-electron chi connectivity index (χ2n) is 9.36. The zero-order chi connectivity index (χ0) is 23.8. The van der Waals surface area contributed by atoms with Crippen LogP contribution in [-0.4, -0.2) is 45.1 Å². The van der Waals surface area contributed by atoms with E-state index in [1.807, 2.05) is 38.4 Å². The molecule has 178 valence electrons. The summed E-state index contributed by atoms with van der Waals surface area (Å²) < 4.78 is 1.76. The van der Waals surface area contributed by atoms with Crippen molar-refractivity contribution in [2.75, 3.05) is 20.6 Å². The Kier molecular flexibility index (Phi) is 6.59. The average Bonchev–Trinajstić information content (AvgIpc) is 3.17. The predicted octanol–water partition coefficient (Wildman–Crippen LogP) is 4.06. The lowest BCUT2D eigenvalue weighted by atomic mass is 9.89. The number of thiophene rings is 1. The second kappa shape index (κ2) is 9.64. The molecule has 1 aliphatic rings. The summed E-state index contributed by atoms with van der Waals surface area (Å²) in [7, 11) is 4.05. The van der Waals surface area contributed by atoms with Crippen LogP contribution in [0.1, 0.15) is 36.0 Å². The molecule has 0 amide bonds. The third-order valence-electron chi connectivity index (χ3n) is 6.37. The number of H-pyrrole nitrogens is 1. The van der Waals surface area contributed by atoms with E-state index in [2.05, 4.69) is 16.8 Å². The Labute approximate surface area is 206 Å². The normalized spacial score (nSPS) is 15.9. The minimum atomic E-state index is -0.0532. The van der Waals surface area contributed by atoms with Gasteiger partial charge in [-0.15, -0.1) is 11.3 Å². The number of fused-ring (bicyclic) bond motifs is 4. The molecule has 0 aliphatic heterocycles. The summed E-state index contributed by atoms with van der Waals surface area (Å²) in [5.41, 5.74) is 1.80. The highest BCUT2D eigenvalue weighted by Crippen LogP contribution is 2.35. The zero-order valence-corrected chi connectivity index (χ0v) is 21.4. The second-order valence-corrected chi connectivity index (χ2v) is 11.4. The minimum Gasteiger partial charge on any atom is -0.309 e. The van der Waals surface area contributed by atoms with Gasteiger partial charge in [0.15, 0.2) is 5.16 Å². The number of nitrogens with zero attached hydrogens (tertiary/aromatic N) is 4.